The van der Waals surface area contributed by atoms with Crippen molar-refractivity contribution in [3.05, 3.63) is 46.1 Å². The molecule has 9 heteroatoms. The fourth-order valence-corrected chi connectivity index (χ4v) is 5.23. The second-order valence-corrected chi connectivity index (χ2v) is 9.47. The van der Waals surface area contributed by atoms with Gasteiger partial charge in [-0.25, -0.2) is 9.48 Å². The van der Waals surface area contributed by atoms with Gasteiger partial charge in [0, 0.05) is 26.1 Å². The number of sulfonamides is 1. The van der Waals surface area contributed by atoms with Crippen LogP contribution in [0.25, 0.3) is 0 Å². The van der Waals surface area contributed by atoms with Crippen molar-refractivity contribution >= 4 is 10.4 Å². The van der Waals surface area contributed by atoms with Gasteiger partial charge in [0.1, 0.15) is 5.82 Å². The van der Waals surface area contributed by atoms with Gasteiger partial charge >= 0.3 is 5.69 Å². The van der Waals surface area contributed by atoms with Crippen LogP contribution in [-0.4, -0.2) is 49.5 Å². The van der Waals surface area contributed by atoms with Crippen LogP contribution in [0, 0.1) is 6.92 Å². The van der Waals surface area contributed by atoms with Crippen LogP contribution in [0.1, 0.15) is 30.7 Å². The lowest BCUT2D eigenvalue weighted by atomic mass is 10.2. The number of nitrogens with zero attached hydrogens (tertiary/aromatic N) is 4. The summed E-state index contributed by atoms with van der Waals surface area (Å²) in [4.78, 5) is 14.9. The molecule has 1 fully saturated rings. The van der Waals surface area contributed by atoms with E-state index in [-0.39, 0.29) is 11.7 Å². The van der Waals surface area contributed by atoms with Crippen molar-refractivity contribution < 1.29 is 8.76 Å². The number of rotatable bonds is 6. The zero-order valence-electron chi connectivity index (χ0n) is 16.2. The van der Waals surface area contributed by atoms with Crippen molar-refractivity contribution in [1.29, 1.82) is 0 Å². The van der Waals surface area contributed by atoms with E-state index >= 15 is 0 Å². The maximum absolute atomic E-state index is 12.6. The highest BCUT2D eigenvalue weighted by Gasteiger charge is 2.30. The topological polar surface area (TPSA) is 95.2 Å². The molecule has 2 aromatic rings. The average molecular weight is 406 g/mol. The first-order valence-corrected chi connectivity index (χ1v) is 11.4. The summed E-state index contributed by atoms with van der Waals surface area (Å²) in [5.41, 5.74) is 1.01. The van der Waals surface area contributed by atoms with Crippen LogP contribution in [0.5, 0.6) is 0 Å². The maximum atomic E-state index is 12.6. The van der Waals surface area contributed by atoms with Crippen LogP contribution < -0.4 is 10.4 Å². The summed E-state index contributed by atoms with van der Waals surface area (Å²) >= 11 is 0. The van der Waals surface area contributed by atoms with Crippen molar-refractivity contribution in [2.75, 3.05) is 19.6 Å². The van der Waals surface area contributed by atoms with Gasteiger partial charge in [-0.3, -0.25) is 9.47 Å². The molecule has 3 heterocycles. The molecule has 8 nitrogen and oxygen atoms in total. The van der Waals surface area contributed by atoms with Crippen molar-refractivity contribution in [2.45, 2.75) is 56.6 Å². The predicted molar refractivity (Wildman–Crippen MR) is 106 cm³/mol. The van der Waals surface area contributed by atoms with Crippen LogP contribution in [0.2, 0.25) is 0 Å². The molecule has 0 aliphatic carbocycles. The van der Waals surface area contributed by atoms with E-state index in [0.29, 0.717) is 24.5 Å². The zero-order chi connectivity index (χ0) is 19.7. The minimum absolute atomic E-state index is 0.0227. The monoisotopic (exact) mass is 405 g/mol. The number of likely N-dealkylation sites (tertiary alicyclic amines) is 1. The third-order valence-electron chi connectivity index (χ3n) is 5.59. The molecule has 0 spiro atoms. The molecule has 2 unspecified atom stereocenters. The number of aryl methyl sites for hydroxylation is 2. The van der Waals surface area contributed by atoms with E-state index in [2.05, 4.69) is 14.7 Å². The fourth-order valence-electron chi connectivity index (χ4n) is 3.97. The van der Waals surface area contributed by atoms with Gasteiger partial charge in [0.2, 0.25) is 0 Å². The molecule has 1 N–H and O–H groups in total. The van der Waals surface area contributed by atoms with E-state index in [4.69, 9.17) is 0 Å². The van der Waals surface area contributed by atoms with Gasteiger partial charge in [-0.2, -0.15) is 5.10 Å². The van der Waals surface area contributed by atoms with Crippen molar-refractivity contribution in [1.82, 2.24) is 24.0 Å². The van der Waals surface area contributed by atoms with Crippen LogP contribution in [0.3, 0.4) is 0 Å². The predicted octanol–water partition coefficient (Wildman–Crippen LogP) is 0.957. The standard InChI is InChI=1S/C19H27N5O3S/c1-15-5-7-17(8-6-15)28(26,27)21-16-9-11-22(14-16)12-13-24-19(25)23-10-3-2-4-18(23)20-24/h5-8,16H,2-4,9-14H2,1H3,(H-,21,26,27). The van der Waals surface area contributed by atoms with E-state index in [1.807, 2.05) is 6.92 Å². The third-order valence-corrected chi connectivity index (χ3v) is 7.12. The van der Waals surface area contributed by atoms with E-state index in [1.165, 1.54) is 0 Å². The molecule has 2 aliphatic heterocycles. The molecule has 28 heavy (non-hydrogen) atoms. The van der Waals surface area contributed by atoms with Gasteiger partial charge in [-0.15, -0.1) is 4.72 Å². The molecular formula is C19H27N5O3S. The Morgan fingerprint density at radius 1 is 1.21 bits per heavy atom. The van der Waals surface area contributed by atoms with E-state index < -0.39 is 10.4 Å². The highest BCUT2D eigenvalue weighted by Crippen LogP contribution is 2.18. The van der Waals surface area contributed by atoms with Gasteiger partial charge in [0.05, 0.1) is 12.6 Å². The number of benzene rings is 1. The van der Waals surface area contributed by atoms with Gasteiger partial charge in [-0.1, -0.05) is 21.9 Å². The molecular weight excluding hydrogens is 378 g/mol. The number of aromatic nitrogens is 3. The van der Waals surface area contributed by atoms with Crippen LogP contribution in [0.15, 0.2) is 34.0 Å². The zero-order valence-corrected chi connectivity index (χ0v) is 17.0. The fraction of sp³-hybridized carbons (Fsp3) is 0.579. The van der Waals surface area contributed by atoms with Gasteiger partial charge < -0.3 is 4.55 Å². The molecule has 0 saturated carbocycles. The number of fused-ring (bicyclic) bond motifs is 1. The lowest BCUT2D eigenvalue weighted by Gasteiger charge is -2.20. The third kappa shape index (κ3) is 4.12. The molecule has 1 saturated heterocycles. The largest absolute Gasteiger partial charge is 0.593 e. The molecule has 1 aromatic carbocycles. The lowest BCUT2D eigenvalue weighted by Crippen LogP contribution is -2.41. The number of nitrogens with one attached hydrogen (secondary N) is 1. The Bertz CT molecular complexity index is 936. The SMILES string of the molecule is Cc1ccc([S+](=O)([O-])NC2CCN(CCn3nc4n(c3=O)CCCC4)C2)cc1. The highest BCUT2D eigenvalue weighted by atomic mass is 32.3. The lowest BCUT2D eigenvalue weighted by molar-refractivity contribution is 0.306. The Morgan fingerprint density at radius 3 is 2.75 bits per heavy atom. The summed E-state index contributed by atoms with van der Waals surface area (Å²) in [5.74, 6) is 0.890. The number of hydrogen-bond donors (Lipinski definition) is 1. The van der Waals surface area contributed by atoms with E-state index in [9.17, 15) is 13.6 Å². The quantitative estimate of drug-likeness (QED) is 0.722. The van der Waals surface area contributed by atoms with Gasteiger partial charge in [-0.05, 0) is 44.9 Å². The van der Waals surface area contributed by atoms with Gasteiger partial charge in [0.15, 0.2) is 15.3 Å². The van der Waals surface area contributed by atoms with E-state index in [1.54, 1.807) is 33.5 Å². The van der Waals surface area contributed by atoms with Crippen molar-refractivity contribution in [3.8, 4) is 0 Å². The molecule has 1 aromatic heterocycles. The normalized spacial score (nSPS) is 22.1. The molecule has 4 rings (SSSR count). The summed E-state index contributed by atoms with van der Waals surface area (Å²) in [6, 6.07) is 6.77. The summed E-state index contributed by atoms with van der Waals surface area (Å²) in [5, 5.41) is 4.47. The molecule has 0 radical (unpaired) electrons. The molecule has 0 amide bonds. The van der Waals surface area contributed by atoms with E-state index in [0.717, 1.165) is 50.2 Å². The summed E-state index contributed by atoms with van der Waals surface area (Å²) in [6.45, 7) is 5.38. The molecule has 2 aliphatic rings. The minimum atomic E-state index is -3.51. The first-order valence-electron chi connectivity index (χ1n) is 9.90. The second-order valence-electron chi connectivity index (χ2n) is 7.75. The Balaban J connectivity index is 1.32. The smallest absolute Gasteiger partial charge is 0.345 e. The molecule has 2 atom stereocenters. The molecule has 152 valence electrons. The molecule has 0 bridgehead atoms. The van der Waals surface area contributed by atoms with Crippen LogP contribution >= 0.6 is 0 Å². The minimum Gasteiger partial charge on any atom is -0.593 e. The van der Waals surface area contributed by atoms with Crippen molar-refractivity contribution in [3.63, 3.8) is 0 Å². The summed E-state index contributed by atoms with van der Waals surface area (Å²) in [6.07, 6.45) is 3.76. The Labute approximate surface area is 165 Å². The summed E-state index contributed by atoms with van der Waals surface area (Å²) < 4.78 is 31.3. The number of hydrogen-bond acceptors (Lipinski definition) is 5. The van der Waals surface area contributed by atoms with Crippen LogP contribution in [-0.2, 0) is 34.1 Å². The first kappa shape index (κ1) is 19.5. The highest BCUT2D eigenvalue weighted by molar-refractivity contribution is 7.95. The Kier molecular flexibility index (Phi) is 5.50. The van der Waals surface area contributed by atoms with Crippen LogP contribution in [0.4, 0.5) is 0 Å². The summed E-state index contributed by atoms with van der Waals surface area (Å²) in [7, 11) is -3.51. The van der Waals surface area contributed by atoms with Gasteiger partial charge in [0.25, 0.3) is 0 Å². The second kappa shape index (κ2) is 7.90. The average Bonchev–Trinajstić information content (AvgIpc) is 3.24. The first-order chi connectivity index (χ1) is 13.4. The Hall–Kier alpha value is -1.81. The van der Waals surface area contributed by atoms with Crippen molar-refractivity contribution in [2.24, 2.45) is 0 Å². The maximum Gasteiger partial charge on any atom is 0.345 e. The Morgan fingerprint density at radius 2 is 2.00 bits per heavy atom.